The number of unbranched alkanes of at least 4 members (excludes halogenated alkanes) is 48. The SMILES string of the molecule is CCCCCCC/C=C\C/C=C\C/C=C\CCCCCCCCCCCCC(=O)OCC(COC(=O)CCCCCCC/C=C\CCCCCCCC)OC(=O)CCCCCCCCCCCCCCCCCCCCCCCCC. The van der Waals surface area contributed by atoms with Gasteiger partial charge >= 0.3 is 17.9 Å². The Hall–Kier alpha value is -2.63. The summed E-state index contributed by atoms with van der Waals surface area (Å²) < 4.78 is 17.0. The summed E-state index contributed by atoms with van der Waals surface area (Å²) in [5, 5.41) is 0. The maximum absolute atomic E-state index is 13.0. The summed E-state index contributed by atoms with van der Waals surface area (Å²) in [7, 11) is 0. The molecule has 0 aliphatic rings. The maximum atomic E-state index is 13.0. The summed E-state index contributed by atoms with van der Waals surface area (Å²) >= 11 is 0. The standard InChI is InChI=1S/C75H138O6/c1-4-7-10-13-16-19-22-25-28-30-32-34-36-37-39-40-42-44-47-50-53-56-59-62-65-68-74(77)80-71-72(70-79-73(76)67-64-61-58-55-52-49-46-27-24-21-18-15-12-9-6-3)81-75(78)69-66-63-60-57-54-51-48-45-43-41-38-35-33-31-29-26-23-20-17-14-11-8-5-2/h22,25,27,30,32,36-37,46,72H,4-21,23-24,26,28-29,31,33-35,38-45,47-71H2,1-3H3/b25-22-,32-30-,37-36-,46-27-. The van der Waals surface area contributed by atoms with E-state index in [2.05, 4.69) is 69.4 Å². The molecule has 81 heavy (non-hydrogen) atoms. The van der Waals surface area contributed by atoms with Crippen LogP contribution < -0.4 is 0 Å². The first-order chi connectivity index (χ1) is 40.0. The molecule has 0 rings (SSSR count). The Morgan fingerprint density at radius 1 is 0.247 bits per heavy atom. The molecule has 6 nitrogen and oxygen atoms in total. The molecule has 0 heterocycles. The van der Waals surface area contributed by atoms with E-state index in [4.69, 9.17) is 14.2 Å². The average molecular weight is 1140 g/mol. The number of carbonyl (C=O) groups excluding carboxylic acids is 3. The third-order valence-electron chi connectivity index (χ3n) is 16.3. The number of allylic oxidation sites excluding steroid dienone is 8. The zero-order valence-electron chi connectivity index (χ0n) is 54.6. The van der Waals surface area contributed by atoms with Gasteiger partial charge in [-0.2, -0.15) is 0 Å². The van der Waals surface area contributed by atoms with E-state index in [-0.39, 0.29) is 31.1 Å². The quantitative estimate of drug-likeness (QED) is 0.0261. The van der Waals surface area contributed by atoms with Gasteiger partial charge in [0.25, 0.3) is 0 Å². The largest absolute Gasteiger partial charge is 0.462 e. The van der Waals surface area contributed by atoms with Crippen molar-refractivity contribution < 1.29 is 28.6 Å². The molecule has 6 heteroatoms. The summed E-state index contributed by atoms with van der Waals surface area (Å²) in [6.07, 6.45) is 88.5. The van der Waals surface area contributed by atoms with Crippen LogP contribution in [0.1, 0.15) is 393 Å². The van der Waals surface area contributed by atoms with Crippen LogP contribution in [-0.4, -0.2) is 37.2 Å². The second-order valence-corrected chi connectivity index (χ2v) is 24.5. The van der Waals surface area contributed by atoms with Gasteiger partial charge in [-0.05, 0) is 83.5 Å². The highest BCUT2D eigenvalue weighted by Gasteiger charge is 2.19. The minimum atomic E-state index is -0.778. The van der Waals surface area contributed by atoms with Crippen LogP contribution in [0.3, 0.4) is 0 Å². The van der Waals surface area contributed by atoms with Crippen LogP contribution in [0.25, 0.3) is 0 Å². The van der Waals surface area contributed by atoms with E-state index in [0.29, 0.717) is 19.3 Å². The van der Waals surface area contributed by atoms with Crippen LogP contribution in [-0.2, 0) is 28.6 Å². The van der Waals surface area contributed by atoms with Crippen molar-refractivity contribution >= 4 is 17.9 Å². The van der Waals surface area contributed by atoms with Gasteiger partial charge in [0.15, 0.2) is 6.10 Å². The van der Waals surface area contributed by atoms with Crippen molar-refractivity contribution in [1.82, 2.24) is 0 Å². The Morgan fingerprint density at radius 2 is 0.444 bits per heavy atom. The van der Waals surface area contributed by atoms with Crippen molar-refractivity contribution in [3.63, 3.8) is 0 Å². The minimum absolute atomic E-state index is 0.0737. The molecule has 1 atom stereocenters. The summed E-state index contributed by atoms with van der Waals surface area (Å²) in [5.74, 6) is -0.858. The predicted molar refractivity (Wildman–Crippen MR) is 353 cm³/mol. The number of carbonyl (C=O) groups is 3. The Balaban J connectivity index is 4.29. The molecule has 0 saturated carbocycles. The normalized spacial score (nSPS) is 12.3. The van der Waals surface area contributed by atoms with Gasteiger partial charge in [-0.3, -0.25) is 14.4 Å². The molecule has 1 unspecified atom stereocenters. The lowest BCUT2D eigenvalue weighted by molar-refractivity contribution is -0.167. The molecule has 0 aliphatic carbocycles. The van der Waals surface area contributed by atoms with E-state index in [0.717, 1.165) is 77.0 Å². The third-order valence-corrected chi connectivity index (χ3v) is 16.3. The highest BCUT2D eigenvalue weighted by Crippen LogP contribution is 2.18. The highest BCUT2D eigenvalue weighted by molar-refractivity contribution is 5.71. The number of esters is 3. The molecule has 0 saturated heterocycles. The molecule has 474 valence electrons. The Bertz CT molecular complexity index is 1400. The second kappa shape index (κ2) is 69.9. The van der Waals surface area contributed by atoms with E-state index in [1.54, 1.807) is 0 Å². The Labute approximate surface area is 505 Å². The average Bonchev–Trinajstić information content (AvgIpc) is 3.47. The van der Waals surface area contributed by atoms with Crippen molar-refractivity contribution in [3.8, 4) is 0 Å². The third kappa shape index (κ3) is 68.0. The fraction of sp³-hybridized carbons (Fsp3) is 0.853. The van der Waals surface area contributed by atoms with Crippen LogP contribution in [0.5, 0.6) is 0 Å². The summed E-state index contributed by atoms with van der Waals surface area (Å²) in [5.41, 5.74) is 0. The van der Waals surface area contributed by atoms with E-state index >= 15 is 0 Å². The molecule has 0 amide bonds. The molecule has 0 bridgehead atoms. The fourth-order valence-electron chi connectivity index (χ4n) is 10.9. The van der Waals surface area contributed by atoms with Crippen molar-refractivity contribution in [2.75, 3.05) is 13.2 Å². The van der Waals surface area contributed by atoms with Crippen LogP contribution in [0.4, 0.5) is 0 Å². The molecule has 0 aromatic rings. The van der Waals surface area contributed by atoms with Gasteiger partial charge in [0, 0.05) is 19.3 Å². The molecule has 0 aliphatic heterocycles. The molecule has 0 spiro atoms. The fourth-order valence-corrected chi connectivity index (χ4v) is 10.9. The van der Waals surface area contributed by atoms with Gasteiger partial charge in [0.05, 0.1) is 0 Å². The number of rotatable bonds is 67. The first-order valence-corrected chi connectivity index (χ1v) is 36.1. The van der Waals surface area contributed by atoms with E-state index < -0.39 is 6.10 Å². The maximum Gasteiger partial charge on any atom is 0.306 e. The number of hydrogen-bond acceptors (Lipinski definition) is 6. The molecule has 0 N–H and O–H groups in total. The summed E-state index contributed by atoms with van der Waals surface area (Å²) in [6, 6.07) is 0. The predicted octanol–water partition coefficient (Wildman–Crippen LogP) is 24.9. The topological polar surface area (TPSA) is 78.9 Å². The Kier molecular flexibility index (Phi) is 67.6. The smallest absolute Gasteiger partial charge is 0.306 e. The lowest BCUT2D eigenvalue weighted by Gasteiger charge is -2.18. The zero-order valence-corrected chi connectivity index (χ0v) is 54.6. The van der Waals surface area contributed by atoms with E-state index in [1.165, 1.54) is 276 Å². The second-order valence-electron chi connectivity index (χ2n) is 24.5. The van der Waals surface area contributed by atoms with Gasteiger partial charge in [-0.1, -0.05) is 339 Å². The summed E-state index contributed by atoms with van der Waals surface area (Å²) in [6.45, 7) is 6.69. The van der Waals surface area contributed by atoms with Gasteiger partial charge in [0.2, 0.25) is 0 Å². The molecular weight excluding hydrogens is 997 g/mol. The lowest BCUT2D eigenvalue weighted by atomic mass is 10.0. The van der Waals surface area contributed by atoms with Crippen molar-refractivity contribution in [2.24, 2.45) is 0 Å². The zero-order chi connectivity index (χ0) is 58.5. The van der Waals surface area contributed by atoms with Gasteiger partial charge in [-0.25, -0.2) is 0 Å². The number of ether oxygens (including phenoxy) is 3. The molecule has 0 aromatic heterocycles. The summed E-state index contributed by atoms with van der Waals surface area (Å²) in [4.78, 5) is 38.5. The van der Waals surface area contributed by atoms with Gasteiger partial charge in [0.1, 0.15) is 13.2 Å². The lowest BCUT2D eigenvalue weighted by Crippen LogP contribution is -2.30. The van der Waals surface area contributed by atoms with Crippen molar-refractivity contribution in [1.29, 1.82) is 0 Å². The van der Waals surface area contributed by atoms with E-state index in [1.807, 2.05) is 0 Å². The van der Waals surface area contributed by atoms with Gasteiger partial charge < -0.3 is 14.2 Å². The van der Waals surface area contributed by atoms with Crippen molar-refractivity contribution in [3.05, 3.63) is 48.6 Å². The molecule has 0 aromatic carbocycles. The van der Waals surface area contributed by atoms with E-state index in [9.17, 15) is 14.4 Å². The first kappa shape index (κ1) is 78.4. The Morgan fingerprint density at radius 3 is 0.704 bits per heavy atom. The molecule has 0 radical (unpaired) electrons. The molecule has 0 fully saturated rings. The van der Waals surface area contributed by atoms with Crippen LogP contribution in [0.2, 0.25) is 0 Å². The number of hydrogen-bond donors (Lipinski definition) is 0. The van der Waals surface area contributed by atoms with Crippen LogP contribution in [0.15, 0.2) is 48.6 Å². The van der Waals surface area contributed by atoms with Crippen molar-refractivity contribution in [2.45, 2.75) is 399 Å². The van der Waals surface area contributed by atoms with Gasteiger partial charge in [-0.15, -0.1) is 0 Å². The molecular formula is C75H138O6. The van der Waals surface area contributed by atoms with Crippen LogP contribution in [0, 0.1) is 0 Å². The first-order valence-electron chi connectivity index (χ1n) is 36.1. The monoisotopic (exact) mass is 1140 g/mol. The highest BCUT2D eigenvalue weighted by atomic mass is 16.6. The van der Waals surface area contributed by atoms with Crippen LogP contribution >= 0.6 is 0 Å². The minimum Gasteiger partial charge on any atom is -0.462 e.